The molecule has 1 aliphatic rings. The van der Waals surface area contributed by atoms with Gasteiger partial charge in [-0.15, -0.1) is 0 Å². The van der Waals surface area contributed by atoms with Crippen LogP contribution in [0.5, 0.6) is 0 Å². The number of aromatic nitrogens is 3. The van der Waals surface area contributed by atoms with Gasteiger partial charge in [-0.25, -0.2) is 9.78 Å². The van der Waals surface area contributed by atoms with Crippen molar-refractivity contribution in [3.05, 3.63) is 106 Å². The molecule has 0 spiro atoms. The molecule has 1 amide bonds. The van der Waals surface area contributed by atoms with Crippen molar-refractivity contribution in [1.29, 1.82) is 0 Å². The number of aliphatic hydroxyl groups excluding tert-OH is 1. The second-order valence-corrected chi connectivity index (χ2v) is 8.83. The minimum Gasteiger partial charge on any atom is -0.505 e. The molecule has 9 heteroatoms. The molecule has 0 aliphatic carbocycles. The van der Waals surface area contributed by atoms with Crippen molar-refractivity contribution in [3.63, 3.8) is 0 Å². The average molecular weight is 497 g/mol. The number of benzene rings is 1. The van der Waals surface area contributed by atoms with Gasteiger partial charge < -0.3 is 19.1 Å². The molecule has 1 atom stereocenters. The van der Waals surface area contributed by atoms with Crippen LogP contribution in [-0.4, -0.2) is 49.1 Å². The molecule has 0 bridgehead atoms. The van der Waals surface area contributed by atoms with E-state index in [0.29, 0.717) is 22.5 Å². The average Bonchev–Trinajstić information content (AvgIpc) is 3.39. The summed E-state index contributed by atoms with van der Waals surface area (Å²) >= 11 is 0. The summed E-state index contributed by atoms with van der Waals surface area (Å²) in [4.78, 5) is 48.7. The predicted octanol–water partition coefficient (Wildman–Crippen LogP) is 3.75. The third-order valence-corrected chi connectivity index (χ3v) is 6.57. The number of nitrogens with zero attached hydrogens (tertiary/aromatic N) is 4. The van der Waals surface area contributed by atoms with E-state index in [1.54, 1.807) is 55.7 Å². The van der Waals surface area contributed by atoms with Crippen LogP contribution >= 0.6 is 0 Å². The number of aliphatic hydroxyl groups is 1. The minimum atomic E-state index is -0.905. The number of likely N-dealkylation sites (tertiary alicyclic amines) is 1. The van der Waals surface area contributed by atoms with Crippen LogP contribution in [0.4, 0.5) is 0 Å². The van der Waals surface area contributed by atoms with Gasteiger partial charge in [0.05, 0.1) is 30.0 Å². The van der Waals surface area contributed by atoms with Gasteiger partial charge in [-0.3, -0.25) is 14.6 Å². The summed E-state index contributed by atoms with van der Waals surface area (Å²) in [5.41, 5.74) is 3.93. The van der Waals surface area contributed by atoms with Gasteiger partial charge in [-0.2, -0.15) is 0 Å². The fourth-order valence-corrected chi connectivity index (χ4v) is 4.67. The van der Waals surface area contributed by atoms with E-state index in [-0.39, 0.29) is 23.6 Å². The molecule has 1 saturated heterocycles. The fraction of sp³-hybridized carbons (Fsp3) is 0.179. The summed E-state index contributed by atoms with van der Waals surface area (Å²) in [5.74, 6) is -2.41. The first kappa shape index (κ1) is 23.9. The Bertz CT molecular complexity index is 1570. The molecule has 0 saturated carbocycles. The number of ketones is 1. The second kappa shape index (κ2) is 9.34. The lowest BCUT2D eigenvalue weighted by molar-refractivity contribution is -0.140. The Morgan fingerprint density at radius 2 is 1.84 bits per heavy atom. The number of pyridine rings is 2. The number of amides is 1. The highest BCUT2D eigenvalue weighted by molar-refractivity contribution is 6.46. The van der Waals surface area contributed by atoms with E-state index in [2.05, 4.69) is 9.97 Å². The van der Waals surface area contributed by atoms with E-state index in [0.717, 1.165) is 11.1 Å². The molecule has 1 unspecified atom stereocenters. The summed E-state index contributed by atoms with van der Waals surface area (Å²) in [7, 11) is 1.29. The first-order chi connectivity index (χ1) is 17.8. The van der Waals surface area contributed by atoms with Gasteiger partial charge in [0.25, 0.3) is 11.7 Å². The Balaban J connectivity index is 1.69. The van der Waals surface area contributed by atoms with E-state index < -0.39 is 23.7 Å². The topological polar surface area (TPSA) is 114 Å². The Morgan fingerprint density at radius 1 is 1.08 bits per heavy atom. The van der Waals surface area contributed by atoms with Crippen molar-refractivity contribution in [2.75, 3.05) is 7.11 Å². The zero-order valence-corrected chi connectivity index (χ0v) is 20.5. The maximum atomic E-state index is 13.4. The molecule has 186 valence electrons. The van der Waals surface area contributed by atoms with Crippen molar-refractivity contribution >= 4 is 29.1 Å². The SMILES string of the molecule is COC(=O)c1ccc(C2C(=C(O)c3nc4c(C)cccn4c3C)C(=O)C(=O)N2Cc2cccnc2)cc1. The van der Waals surface area contributed by atoms with Crippen LogP contribution in [0.15, 0.2) is 72.7 Å². The molecule has 1 aliphatic heterocycles. The summed E-state index contributed by atoms with van der Waals surface area (Å²) in [6, 6.07) is 12.8. The number of carbonyl (C=O) groups excluding carboxylic acids is 3. The largest absolute Gasteiger partial charge is 0.505 e. The smallest absolute Gasteiger partial charge is 0.337 e. The molecule has 4 heterocycles. The van der Waals surface area contributed by atoms with Gasteiger partial charge in [-0.05, 0) is 54.8 Å². The number of imidazole rings is 1. The standard InChI is InChI=1S/C28H24N4O5/c1-16-6-5-13-31-17(2)22(30-26(16)31)24(33)21-23(19-8-10-20(11-9-19)28(36)37-3)32(27(35)25(21)34)15-18-7-4-12-29-14-18/h4-14,23,33H,15H2,1-3H3. The first-order valence-electron chi connectivity index (χ1n) is 11.6. The van der Waals surface area contributed by atoms with Crippen LogP contribution in [0.25, 0.3) is 11.4 Å². The van der Waals surface area contributed by atoms with Crippen LogP contribution in [0.1, 0.15) is 44.5 Å². The van der Waals surface area contributed by atoms with Crippen molar-refractivity contribution in [2.24, 2.45) is 0 Å². The minimum absolute atomic E-state index is 0.0659. The van der Waals surface area contributed by atoms with Gasteiger partial charge in [0, 0.05) is 25.1 Å². The van der Waals surface area contributed by atoms with Crippen molar-refractivity contribution in [2.45, 2.75) is 26.4 Å². The van der Waals surface area contributed by atoms with Crippen LogP contribution in [0.2, 0.25) is 0 Å². The molecular formula is C28H24N4O5. The van der Waals surface area contributed by atoms with Gasteiger partial charge in [0.2, 0.25) is 0 Å². The zero-order valence-electron chi connectivity index (χ0n) is 20.5. The predicted molar refractivity (Wildman–Crippen MR) is 135 cm³/mol. The quantitative estimate of drug-likeness (QED) is 0.194. The van der Waals surface area contributed by atoms with Crippen molar-refractivity contribution in [1.82, 2.24) is 19.3 Å². The highest BCUT2D eigenvalue weighted by atomic mass is 16.5. The highest BCUT2D eigenvalue weighted by Crippen LogP contribution is 2.40. The number of methoxy groups -OCH3 is 1. The lowest BCUT2D eigenvalue weighted by Gasteiger charge is -2.25. The number of hydrogen-bond donors (Lipinski definition) is 1. The molecule has 1 N–H and O–H groups in total. The summed E-state index contributed by atoms with van der Waals surface area (Å²) in [6.45, 7) is 3.80. The normalized spacial score (nSPS) is 16.9. The van der Waals surface area contributed by atoms with Gasteiger partial charge in [0.1, 0.15) is 11.3 Å². The Morgan fingerprint density at radius 3 is 2.49 bits per heavy atom. The van der Waals surface area contributed by atoms with E-state index in [9.17, 15) is 19.5 Å². The molecule has 5 rings (SSSR count). The third-order valence-electron chi connectivity index (χ3n) is 6.57. The maximum absolute atomic E-state index is 13.4. The maximum Gasteiger partial charge on any atom is 0.337 e. The van der Waals surface area contributed by atoms with Gasteiger partial charge >= 0.3 is 5.97 Å². The molecule has 37 heavy (non-hydrogen) atoms. The van der Waals surface area contributed by atoms with Crippen LogP contribution < -0.4 is 0 Å². The molecule has 1 fully saturated rings. The number of carbonyl (C=O) groups is 3. The molecule has 4 aromatic rings. The van der Waals surface area contributed by atoms with E-state index >= 15 is 0 Å². The molecule has 0 radical (unpaired) electrons. The number of ether oxygens (including phenoxy) is 1. The Labute approximate surface area is 212 Å². The van der Waals surface area contributed by atoms with Gasteiger partial charge in [0.15, 0.2) is 5.76 Å². The molecule has 1 aromatic carbocycles. The van der Waals surface area contributed by atoms with E-state index in [4.69, 9.17) is 4.74 Å². The summed E-state index contributed by atoms with van der Waals surface area (Å²) < 4.78 is 6.61. The zero-order chi connectivity index (χ0) is 26.3. The third kappa shape index (κ3) is 4.04. The summed E-state index contributed by atoms with van der Waals surface area (Å²) in [6.07, 6.45) is 5.06. The van der Waals surface area contributed by atoms with Crippen molar-refractivity contribution < 1.29 is 24.2 Å². The van der Waals surface area contributed by atoms with Crippen molar-refractivity contribution in [3.8, 4) is 0 Å². The monoisotopic (exact) mass is 496 g/mol. The Hall–Kier alpha value is -4.79. The lowest BCUT2D eigenvalue weighted by atomic mass is 9.95. The van der Waals surface area contributed by atoms with Crippen LogP contribution in [0.3, 0.4) is 0 Å². The molecule has 3 aromatic heterocycles. The number of aryl methyl sites for hydroxylation is 2. The first-order valence-corrected chi connectivity index (χ1v) is 11.6. The summed E-state index contributed by atoms with van der Waals surface area (Å²) in [5, 5.41) is 11.5. The second-order valence-electron chi connectivity index (χ2n) is 8.83. The fourth-order valence-electron chi connectivity index (χ4n) is 4.67. The lowest BCUT2D eigenvalue weighted by Crippen LogP contribution is -2.29. The van der Waals surface area contributed by atoms with E-state index in [1.807, 2.05) is 29.7 Å². The van der Waals surface area contributed by atoms with Gasteiger partial charge in [-0.1, -0.05) is 24.3 Å². The van der Waals surface area contributed by atoms with Crippen LogP contribution in [-0.2, 0) is 20.9 Å². The van der Waals surface area contributed by atoms with E-state index in [1.165, 1.54) is 12.0 Å². The molecule has 9 nitrogen and oxygen atoms in total. The number of esters is 1. The number of Topliss-reactive ketones (excluding diaryl/α,β-unsaturated/α-hetero) is 1. The Kier molecular flexibility index (Phi) is 6.04. The molecular weight excluding hydrogens is 472 g/mol. The number of rotatable bonds is 5. The van der Waals surface area contributed by atoms with Crippen LogP contribution in [0, 0.1) is 13.8 Å². The number of fused-ring (bicyclic) bond motifs is 1. The number of hydrogen-bond acceptors (Lipinski definition) is 7. The highest BCUT2D eigenvalue weighted by Gasteiger charge is 2.46.